The average Bonchev–Trinajstić information content (AvgIpc) is 2.88. The van der Waals surface area contributed by atoms with Crippen molar-refractivity contribution in [3.8, 4) is 6.07 Å². The van der Waals surface area contributed by atoms with E-state index in [2.05, 4.69) is 36.0 Å². The van der Waals surface area contributed by atoms with Gasteiger partial charge in [0.15, 0.2) is 5.82 Å². The Morgan fingerprint density at radius 3 is 2.62 bits per heavy atom. The first-order valence-corrected chi connectivity index (χ1v) is 8.43. The molecule has 0 unspecified atom stereocenters. The van der Waals surface area contributed by atoms with Crippen LogP contribution in [0.25, 0.3) is 10.9 Å². The Morgan fingerprint density at radius 2 is 2.00 bits per heavy atom. The van der Waals surface area contributed by atoms with Gasteiger partial charge in [0.25, 0.3) is 0 Å². The van der Waals surface area contributed by atoms with Crippen molar-refractivity contribution >= 4 is 16.7 Å². The zero-order valence-corrected chi connectivity index (χ0v) is 15.3. The molecule has 2 heterocycles. The Balaban J connectivity index is 2.16. The number of anilines is 1. The molecule has 0 saturated carbocycles. The molecule has 0 radical (unpaired) electrons. The highest BCUT2D eigenvalue weighted by Gasteiger charge is 2.19. The quantitative estimate of drug-likeness (QED) is 0.638. The maximum absolute atomic E-state index is 13.2. The van der Waals surface area contributed by atoms with E-state index in [0.29, 0.717) is 18.8 Å². The summed E-state index contributed by atoms with van der Waals surface area (Å²) in [5, 5.41) is 10.4. The lowest BCUT2D eigenvalue weighted by Crippen LogP contribution is -2.19. The topological polar surface area (TPSA) is 44.9 Å². The van der Waals surface area contributed by atoms with Gasteiger partial charge in [-0.2, -0.15) is 5.26 Å². The fraction of sp³-hybridized carbons (Fsp3) is 0.238. The van der Waals surface area contributed by atoms with Gasteiger partial charge in [-0.15, -0.1) is 6.58 Å². The first-order valence-electron chi connectivity index (χ1n) is 8.43. The van der Waals surface area contributed by atoms with Gasteiger partial charge in [0.2, 0.25) is 0 Å². The van der Waals surface area contributed by atoms with E-state index in [4.69, 9.17) is 0 Å². The van der Waals surface area contributed by atoms with Gasteiger partial charge < -0.3 is 9.47 Å². The Bertz CT molecular complexity index is 1010. The fourth-order valence-electron chi connectivity index (χ4n) is 3.26. The third kappa shape index (κ3) is 3.06. The van der Waals surface area contributed by atoms with Crippen molar-refractivity contribution in [3.05, 3.63) is 71.3 Å². The SMILES string of the molecule is C=CCn1c(C)c(C)c2cc(C#N)nc(N(C)Cc3ccc(F)cc3)c21. The van der Waals surface area contributed by atoms with Crippen LogP contribution in [0, 0.1) is 31.0 Å². The van der Waals surface area contributed by atoms with Crippen LogP contribution in [-0.2, 0) is 13.1 Å². The summed E-state index contributed by atoms with van der Waals surface area (Å²) in [6.45, 7) is 9.21. The molecular formula is C21H21FN4. The monoisotopic (exact) mass is 348 g/mol. The standard InChI is InChI=1S/C21H21FN4/c1-5-10-26-15(3)14(2)19-11-18(12-23)24-21(20(19)26)25(4)13-16-6-8-17(22)9-7-16/h5-9,11H,1,10,13H2,2-4H3. The number of hydrogen-bond donors (Lipinski definition) is 0. The smallest absolute Gasteiger partial charge is 0.154 e. The van der Waals surface area contributed by atoms with Crippen LogP contribution >= 0.6 is 0 Å². The molecule has 0 N–H and O–H groups in total. The molecule has 0 aliphatic rings. The van der Waals surface area contributed by atoms with Gasteiger partial charge in [-0.3, -0.25) is 0 Å². The summed E-state index contributed by atoms with van der Waals surface area (Å²) < 4.78 is 15.3. The number of nitriles is 1. The molecule has 0 fully saturated rings. The van der Waals surface area contributed by atoms with Crippen LogP contribution in [0.3, 0.4) is 0 Å². The molecule has 0 bridgehead atoms. The van der Waals surface area contributed by atoms with Crippen LogP contribution in [0.5, 0.6) is 0 Å². The molecule has 4 nitrogen and oxygen atoms in total. The predicted molar refractivity (Wildman–Crippen MR) is 103 cm³/mol. The minimum atomic E-state index is -0.255. The van der Waals surface area contributed by atoms with E-state index < -0.39 is 0 Å². The number of aromatic nitrogens is 2. The largest absolute Gasteiger partial charge is 0.354 e. The van der Waals surface area contributed by atoms with Crippen molar-refractivity contribution in [2.24, 2.45) is 0 Å². The van der Waals surface area contributed by atoms with Crippen LogP contribution in [0.1, 0.15) is 22.5 Å². The van der Waals surface area contributed by atoms with E-state index in [1.807, 2.05) is 24.1 Å². The first kappa shape index (κ1) is 17.7. The van der Waals surface area contributed by atoms with Crippen molar-refractivity contribution in [2.75, 3.05) is 11.9 Å². The lowest BCUT2D eigenvalue weighted by atomic mass is 10.1. The molecular weight excluding hydrogens is 327 g/mol. The minimum absolute atomic E-state index is 0.255. The van der Waals surface area contributed by atoms with Crippen molar-refractivity contribution in [3.63, 3.8) is 0 Å². The van der Waals surface area contributed by atoms with Crippen LogP contribution in [0.2, 0.25) is 0 Å². The summed E-state index contributed by atoms with van der Waals surface area (Å²) in [5.74, 6) is 0.482. The van der Waals surface area contributed by atoms with Gasteiger partial charge in [0, 0.05) is 31.2 Å². The summed E-state index contributed by atoms with van der Waals surface area (Å²) in [6.07, 6.45) is 1.85. The van der Waals surface area contributed by atoms with Gasteiger partial charge in [0.1, 0.15) is 17.6 Å². The van der Waals surface area contributed by atoms with E-state index in [1.54, 1.807) is 12.1 Å². The molecule has 2 aromatic heterocycles. The third-order valence-corrected chi connectivity index (χ3v) is 4.72. The van der Waals surface area contributed by atoms with Crippen LogP contribution in [0.4, 0.5) is 10.2 Å². The number of fused-ring (bicyclic) bond motifs is 1. The highest BCUT2D eigenvalue weighted by atomic mass is 19.1. The second-order valence-electron chi connectivity index (χ2n) is 6.43. The van der Waals surface area contributed by atoms with Gasteiger partial charge >= 0.3 is 0 Å². The van der Waals surface area contributed by atoms with E-state index in [1.165, 1.54) is 12.1 Å². The minimum Gasteiger partial charge on any atom is -0.354 e. The first-order chi connectivity index (χ1) is 12.5. The molecule has 0 aliphatic carbocycles. The van der Waals surface area contributed by atoms with Crippen LogP contribution < -0.4 is 4.90 Å². The molecule has 0 aliphatic heterocycles. The zero-order chi connectivity index (χ0) is 18.8. The van der Waals surface area contributed by atoms with Gasteiger partial charge in [0.05, 0.1) is 5.52 Å². The number of rotatable bonds is 5. The molecule has 5 heteroatoms. The molecule has 0 atom stereocenters. The van der Waals surface area contributed by atoms with Crippen LogP contribution in [-0.4, -0.2) is 16.6 Å². The number of nitrogens with zero attached hydrogens (tertiary/aromatic N) is 4. The molecule has 26 heavy (non-hydrogen) atoms. The fourth-order valence-corrected chi connectivity index (χ4v) is 3.26. The molecule has 132 valence electrons. The number of allylic oxidation sites excluding steroid dienone is 1. The van der Waals surface area contributed by atoms with E-state index in [-0.39, 0.29) is 5.82 Å². The lowest BCUT2D eigenvalue weighted by Gasteiger charge is -2.21. The van der Waals surface area contributed by atoms with E-state index in [9.17, 15) is 9.65 Å². The Hall–Kier alpha value is -3.13. The maximum Gasteiger partial charge on any atom is 0.154 e. The molecule has 3 aromatic rings. The van der Waals surface area contributed by atoms with Crippen molar-refractivity contribution < 1.29 is 4.39 Å². The Labute approximate surface area is 152 Å². The zero-order valence-electron chi connectivity index (χ0n) is 15.3. The summed E-state index contributed by atoms with van der Waals surface area (Å²) in [6, 6.07) is 10.4. The molecule has 0 saturated heterocycles. The van der Waals surface area contributed by atoms with Gasteiger partial charge in [-0.1, -0.05) is 18.2 Å². The maximum atomic E-state index is 13.2. The van der Waals surface area contributed by atoms with E-state index in [0.717, 1.165) is 33.5 Å². The number of benzene rings is 1. The number of pyridine rings is 1. The highest BCUT2D eigenvalue weighted by Crippen LogP contribution is 2.32. The average molecular weight is 348 g/mol. The van der Waals surface area contributed by atoms with Crippen molar-refractivity contribution in [2.45, 2.75) is 26.9 Å². The molecule has 0 spiro atoms. The number of halogens is 1. The second kappa shape index (κ2) is 7.01. The number of hydrogen-bond acceptors (Lipinski definition) is 3. The Kier molecular flexibility index (Phi) is 4.77. The van der Waals surface area contributed by atoms with Gasteiger partial charge in [-0.25, -0.2) is 9.37 Å². The lowest BCUT2D eigenvalue weighted by molar-refractivity contribution is 0.627. The molecule has 0 amide bonds. The molecule has 1 aromatic carbocycles. The normalized spacial score (nSPS) is 10.7. The van der Waals surface area contributed by atoms with Crippen LogP contribution in [0.15, 0.2) is 43.0 Å². The number of aryl methyl sites for hydroxylation is 1. The summed E-state index contributed by atoms with van der Waals surface area (Å²) in [7, 11) is 1.93. The van der Waals surface area contributed by atoms with Gasteiger partial charge in [-0.05, 0) is 43.2 Å². The summed E-state index contributed by atoms with van der Waals surface area (Å²) in [5.41, 5.74) is 4.62. The van der Waals surface area contributed by atoms with Crippen molar-refractivity contribution in [1.29, 1.82) is 5.26 Å². The predicted octanol–water partition coefficient (Wildman–Crippen LogP) is 4.49. The Morgan fingerprint density at radius 1 is 1.31 bits per heavy atom. The summed E-state index contributed by atoms with van der Waals surface area (Å²) in [4.78, 5) is 6.56. The van der Waals surface area contributed by atoms with E-state index >= 15 is 0 Å². The molecule has 3 rings (SSSR count). The van der Waals surface area contributed by atoms with Crippen molar-refractivity contribution in [1.82, 2.24) is 9.55 Å². The highest BCUT2D eigenvalue weighted by molar-refractivity contribution is 5.94. The third-order valence-electron chi connectivity index (χ3n) is 4.72. The summed E-state index contributed by atoms with van der Waals surface area (Å²) >= 11 is 0. The second-order valence-corrected chi connectivity index (χ2v) is 6.43.